The summed E-state index contributed by atoms with van der Waals surface area (Å²) in [6, 6.07) is 22.5. The smallest absolute Gasteiger partial charge is 0.258 e. The van der Waals surface area contributed by atoms with Crippen LogP contribution in [0, 0.1) is 11.3 Å². The number of carbonyl (C=O) groups excluding carboxylic acids is 1. The van der Waals surface area contributed by atoms with Crippen LogP contribution in [0.1, 0.15) is 24.1 Å². The SMILES string of the molecule is C[C@H](NC(=O)COc1ccc(-c2ccc(C#N)cc2)cc1)c1ccc2c(c1)OCCO2. The van der Waals surface area contributed by atoms with Gasteiger partial charge in [0.05, 0.1) is 17.7 Å². The molecule has 0 aliphatic carbocycles. The largest absolute Gasteiger partial charge is 0.486 e. The zero-order valence-electron chi connectivity index (χ0n) is 17.1. The molecule has 31 heavy (non-hydrogen) atoms. The highest BCUT2D eigenvalue weighted by atomic mass is 16.6. The quantitative estimate of drug-likeness (QED) is 0.652. The Labute approximate surface area is 181 Å². The Balaban J connectivity index is 1.30. The molecule has 0 fully saturated rings. The van der Waals surface area contributed by atoms with Gasteiger partial charge in [-0.05, 0) is 60.0 Å². The van der Waals surface area contributed by atoms with Crippen molar-refractivity contribution in [3.8, 4) is 34.4 Å². The van der Waals surface area contributed by atoms with Gasteiger partial charge < -0.3 is 19.5 Å². The maximum absolute atomic E-state index is 12.3. The molecule has 1 heterocycles. The van der Waals surface area contributed by atoms with Crippen molar-refractivity contribution in [3.05, 3.63) is 77.9 Å². The van der Waals surface area contributed by atoms with Crippen LogP contribution in [0.15, 0.2) is 66.7 Å². The first kappa shape index (κ1) is 20.3. The van der Waals surface area contributed by atoms with Crippen LogP contribution in [0.2, 0.25) is 0 Å². The van der Waals surface area contributed by atoms with Crippen LogP contribution in [0.3, 0.4) is 0 Å². The summed E-state index contributed by atoms with van der Waals surface area (Å²) in [6.07, 6.45) is 0. The summed E-state index contributed by atoms with van der Waals surface area (Å²) in [5, 5.41) is 11.8. The van der Waals surface area contributed by atoms with E-state index in [1.165, 1.54) is 0 Å². The standard InChI is InChI=1S/C25H22N2O4/c1-17(21-8-11-23-24(14-21)30-13-12-29-23)27-25(28)16-31-22-9-6-20(7-10-22)19-4-2-18(15-26)3-5-19/h2-11,14,17H,12-13,16H2,1H3,(H,27,28)/t17-/m0/s1. The van der Waals surface area contributed by atoms with Gasteiger partial charge in [0.1, 0.15) is 19.0 Å². The van der Waals surface area contributed by atoms with Crippen LogP contribution in [-0.2, 0) is 4.79 Å². The molecule has 6 heteroatoms. The number of nitrogens with one attached hydrogen (secondary N) is 1. The lowest BCUT2D eigenvalue weighted by atomic mass is 10.0. The van der Waals surface area contributed by atoms with Crippen LogP contribution >= 0.6 is 0 Å². The third-order valence-corrected chi connectivity index (χ3v) is 5.02. The maximum atomic E-state index is 12.3. The minimum absolute atomic E-state index is 0.0783. The number of carbonyl (C=O) groups is 1. The zero-order valence-corrected chi connectivity index (χ0v) is 17.1. The van der Waals surface area contributed by atoms with Crippen molar-refractivity contribution < 1.29 is 19.0 Å². The van der Waals surface area contributed by atoms with Crippen LogP contribution in [0.25, 0.3) is 11.1 Å². The first-order valence-corrected chi connectivity index (χ1v) is 10.0. The molecule has 0 bridgehead atoms. The molecule has 156 valence electrons. The fourth-order valence-electron chi connectivity index (χ4n) is 3.33. The minimum Gasteiger partial charge on any atom is -0.486 e. The third-order valence-electron chi connectivity index (χ3n) is 5.02. The average Bonchev–Trinajstić information content (AvgIpc) is 2.83. The van der Waals surface area contributed by atoms with Gasteiger partial charge in [-0.2, -0.15) is 5.26 Å². The fourth-order valence-corrected chi connectivity index (χ4v) is 3.33. The summed E-state index contributed by atoms with van der Waals surface area (Å²) in [5.74, 6) is 1.82. The first-order chi connectivity index (χ1) is 15.1. The maximum Gasteiger partial charge on any atom is 0.258 e. The Morgan fingerprint density at radius 2 is 1.65 bits per heavy atom. The molecule has 1 aliphatic heterocycles. The predicted molar refractivity (Wildman–Crippen MR) is 116 cm³/mol. The Kier molecular flexibility index (Phi) is 6.04. The Bertz CT molecular complexity index is 1100. The number of nitrogens with zero attached hydrogens (tertiary/aromatic N) is 1. The van der Waals surface area contributed by atoms with E-state index in [2.05, 4.69) is 11.4 Å². The van der Waals surface area contributed by atoms with Gasteiger partial charge in [0.25, 0.3) is 5.91 Å². The molecule has 3 aromatic rings. The van der Waals surface area contributed by atoms with Gasteiger partial charge in [0.15, 0.2) is 18.1 Å². The molecule has 0 unspecified atom stereocenters. The summed E-state index contributed by atoms with van der Waals surface area (Å²) < 4.78 is 16.8. The van der Waals surface area contributed by atoms with Gasteiger partial charge in [0.2, 0.25) is 0 Å². The lowest BCUT2D eigenvalue weighted by Gasteiger charge is -2.21. The van der Waals surface area contributed by atoms with E-state index in [-0.39, 0.29) is 18.6 Å². The molecule has 3 aromatic carbocycles. The lowest BCUT2D eigenvalue weighted by molar-refractivity contribution is -0.123. The summed E-state index contributed by atoms with van der Waals surface area (Å²) >= 11 is 0. The second kappa shape index (κ2) is 9.23. The number of nitriles is 1. The molecule has 4 rings (SSSR count). The second-order valence-corrected chi connectivity index (χ2v) is 7.19. The van der Waals surface area contributed by atoms with Crippen molar-refractivity contribution in [1.29, 1.82) is 5.26 Å². The highest BCUT2D eigenvalue weighted by molar-refractivity contribution is 5.78. The fraction of sp³-hybridized carbons (Fsp3) is 0.200. The number of amides is 1. The summed E-state index contributed by atoms with van der Waals surface area (Å²) in [4.78, 5) is 12.3. The molecule has 1 amide bonds. The van der Waals surface area contributed by atoms with E-state index in [1.54, 1.807) is 12.1 Å². The topological polar surface area (TPSA) is 80.6 Å². The molecule has 1 aliphatic rings. The number of ether oxygens (including phenoxy) is 3. The molecule has 0 radical (unpaired) electrons. The van der Waals surface area contributed by atoms with Crippen molar-refractivity contribution in [2.75, 3.05) is 19.8 Å². The van der Waals surface area contributed by atoms with Crippen molar-refractivity contribution in [1.82, 2.24) is 5.32 Å². The molecule has 1 N–H and O–H groups in total. The molecule has 0 saturated heterocycles. The lowest BCUT2D eigenvalue weighted by Crippen LogP contribution is -2.31. The Morgan fingerprint density at radius 3 is 2.32 bits per heavy atom. The van der Waals surface area contributed by atoms with Crippen molar-refractivity contribution in [2.45, 2.75) is 13.0 Å². The van der Waals surface area contributed by atoms with Crippen molar-refractivity contribution in [2.24, 2.45) is 0 Å². The van der Waals surface area contributed by atoms with Gasteiger partial charge in [-0.25, -0.2) is 0 Å². The Hall–Kier alpha value is -3.98. The van der Waals surface area contributed by atoms with Gasteiger partial charge in [-0.15, -0.1) is 0 Å². The van der Waals surface area contributed by atoms with Crippen LogP contribution in [0.4, 0.5) is 0 Å². The van der Waals surface area contributed by atoms with E-state index in [1.807, 2.05) is 61.5 Å². The van der Waals surface area contributed by atoms with Crippen molar-refractivity contribution >= 4 is 5.91 Å². The number of rotatable bonds is 6. The predicted octanol–water partition coefficient (Wildman–Crippen LogP) is 4.25. The van der Waals surface area contributed by atoms with E-state index in [0.717, 1.165) is 22.4 Å². The number of hydrogen-bond acceptors (Lipinski definition) is 5. The third kappa shape index (κ3) is 4.96. The van der Waals surface area contributed by atoms with E-state index in [9.17, 15) is 4.79 Å². The number of hydrogen-bond donors (Lipinski definition) is 1. The van der Waals surface area contributed by atoms with E-state index in [0.29, 0.717) is 30.3 Å². The van der Waals surface area contributed by atoms with E-state index in [4.69, 9.17) is 19.5 Å². The van der Waals surface area contributed by atoms with Crippen LogP contribution in [0.5, 0.6) is 17.2 Å². The first-order valence-electron chi connectivity index (χ1n) is 10.0. The minimum atomic E-state index is -0.210. The normalized spacial score (nSPS) is 13.0. The van der Waals surface area contributed by atoms with Crippen LogP contribution in [-0.4, -0.2) is 25.7 Å². The molecule has 6 nitrogen and oxygen atoms in total. The molecular formula is C25H22N2O4. The van der Waals surface area contributed by atoms with Gasteiger partial charge in [0, 0.05) is 0 Å². The molecular weight excluding hydrogens is 392 g/mol. The summed E-state index contributed by atoms with van der Waals surface area (Å²) in [6.45, 7) is 2.90. The molecule has 1 atom stereocenters. The molecule has 0 spiro atoms. The monoisotopic (exact) mass is 414 g/mol. The zero-order chi connectivity index (χ0) is 21.6. The highest BCUT2D eigenvalue weighted by Crippen LogP contribution is 2.32. The number of benzene rings is 3. The average molecular weight is 414 g/mol. The summed E-state index contributed by atoms with van der Waals surface area (Å²) in [5.41, 5.74) is 3.58. The van der Waals surface area contributed by atoms with Crippen molar-refractivity contribution in [3.63, 3.8) is 0 Å². The van der Waals surface area contributed by atoms with E-state index >= 15 is 0 Å². The van der Waals surface area contributed by atoms with Gasteiger partial charge in [-0.1, -0.05) is 30.3 Å². The molecule has 0 saturated carbocycles. The number of fused-ring (bicyclic) bond motifs is 1. The summed E-state index contributed by atoms with van der Waals surface area (Å²) in [7, 11) is 0. The van der Waals surface area contributed by atoms with Gasteiger partial charge in [-0.3, -0.25) is 4.79 Å². The van der Waals surface area contributed by atoms with Gasteiger partial charge >= 0.3 is 0 Å². The molecule has 0 aromatic heterocycles. The highest BCUT2D eigenvalue weighted by Gasteiger charge is 2.16. The van der Waals surface area contributed by atoms with Crippen LogP contribution < -0.4 is 19.5 Å². The van der Waals surface area contributed by atoms with E-state index < -0.39 is 0 Å². The second-order valence-electron chi connectivity index (χ2n) is 7.19. The Morgan fingerprint density at radius 1 is 1.00 bits per heavy atom.